The molecule has 1 aromatic rings. The second-order valence-electron chi connectivity index (χ2n) is 3.42. The number of aliphatic hydroxyl groups excluding tert-OH is 1. The highest BCUT2D eigenvalue weighted by Gasteiger charge is 2.18. The number of aromatic hydroxyl groups is 1. The van der Waals surface area contributed by atoms with Gasteiger partial charge < -0.3 is 20.3 Å². The third-order valence-corrected chi connectivity index (χ3v) is 2.33. The number of hydrogen-bond donors (Lipinski definition) is 3. The molecule has 0 amide bonds. The molecule has 0 bridgehead atoms. The van der Waals surface area contributed by atoms with Crippen molar-refractivity contribution in [2.75, 3.05) is 20.7 Å². The lowest BCUT2D eigenvalue weighted by Crippen LogP contribution is -2.18. The molecule has 0 fully saturated rings. The Balaban J connectivity index is 3.18. The third kappa shape index (κ3) is 2.40. The number of aliphatic hydroxyl groups is 1. The van der Waals surface area contributed by atoms with Gasteiger partial charge in [0, 0.05) is 12.1 Å². The minimum atomic E-state index is -0.683. The summed E-state index contributed by atoms with van der Waals surface area (Å²) in [5.74, 6) is 0.394. The van der Waals surface area contributed by atoms with E-state index < -0.39 is 6.10 Å². The van der Waals surface area contributed by atoms with Crippen LogP contribution in [-0.2, 0) is 0 Å². The van der Waals surface area contributed by atoms with Crippen molar-refractivity contribution < 1.29 is 14.9 Å². The van der Waals surface area contributed by atoms with E-state index in [1.807, 2.05) is 6.92 Å². The highest BCUT2D eigenvalue weighted by atomic mass is 16.5. The molecule has 0 heterocycles. The standard InChI is InChI=1S/C11H17NO3/c1-7-4-5-8(13)11(15-3)10(7)9(14)6-12-2/h4-5,9,12-14H,6H2,1-3H3. The van der Waals surface area contributed by atoms with Crippen LogP contribution in [0.3, 0.4) is 0 Å². The van der Waals surface area contributed by atoms with Gasteiger partial charge in [-0.05, 0) is 25.6 Å². The Bertz CT molecular complexity index is 339. The monoisotopic (exact) mass is 211 g/mol. The normalized spacial score (nSPS) is 12.5. The first-order valence-electron chi connectivity index (χ1n) is 4.81. The van der Waals surface area contributed by atoms with Gasteiger partial charge in [0.25, 0.3) is 0 Å². The van der Waals surface area contributed by atoms with Crippen molar-refractivity contribution in [2.24, 2.45) is 0 Å². The smallest absolute Gasteiger partial charge is 0.166 e. The number of benzene rings is 1. The fourth-order valence-corrected chi connectivity index (χ4v) is 1.61. The third-order valence-electron chi connectivity index (χ3n) is 2.33. The van der Waals surface area contributed by atoms with Crippen LogP contribution in [0.4, 0.5) is 0 Å². The number of aryl methyl sites for hydroxylation is 1. The number of likely N-dealkylation sites (N-methyl/N-ethyl adjacent to an activating group) is 1. The van der Waals surface area contributed by atoms with E-state index in [0.29, 0.717) is 17.9 Å². The highest BCUT2D eigenvalue weighted by Crippen LogP contribution is 2.36. The van der Waals surface area contributed by atoms with E-state index in [-0.39, 0.29) is 5.75 Å². The van der Waals surface area contributed by atoms with E-state index in [1.165, 1.54) is 7.11 Å². The van der Waals surface area contributed by atoms with Gasteiger partial charge in [0.1, 0.15) is 0 Å². The predicted octanol–water partition coefficient (Wildman–Crippen LogP) is 0.962. The van der Waals surface area contributed by atoms with Crippen molar-refractivity contribution in [3.05, 3.63) is 23.3 Å². The Morgan fingerprint density at radius 2 is 2.13 bits per heavy atom. The second-order valence-corrected chi connectivity index (χ2v) is 3.42. The Labute approximate surface area is 89.5 Å². The van der Waals surface area contributed by atoms with Crippen molar-refractivity contribution >= 4 is 0 Å². The lowest BCUT2D eigenvalue weighted by atomic mass is 10.0. The number of phenolic OH excluding ortho intramolecular Hbond substituents is 1. The molecule has 1 aromatic carbocycles. The quantitative estimate of drug-likeness (QED) is 0.694. The van der Waals surface area contributed by atoms with Crippen LogP contribution in [0.2, 0.25) is 0 Å². The van der Waals surface area contributed by atoms with Gasteiger partial charge in [-0.1, -0.05) is 6.07 Å². The van der Waals surface area contributed by atoms with Crippen LogP contribution in [-0.4, -0.2) is 30.9 Å². The fourth-order valence-electron chi connectivity index (χ4n) is 1.61. The zero-order valence-electron chi connectivity index (χ0n) is 9.24. The topological polar surface area (TPSA) is 61.7 Å². The van der Waals surface area contributed by atoms with Gasteiger partial charge in [-0.15, -0.1) is 0 Å². The highest BCUT2D eigenvalue weighted by molar-refractivity contribution is 5.50. The Morgan fingerprint density at radius 1 is 1.47 bits per heavy atom. The average molecular weight is 211 g/mol. The molecule has 0 spiro atoms. The summed E-state index contributed by atoms with van der Waals surface area (Å²) in [6.07, 6.45) is -0.683. The van der Waals surface area contributed by atoms with E-state index in [1.54, 1.807) is 19.2 Å². The van der Waals surface area contributed by atoms with Crippen LogP contribution in [0.15, 0.2) is 12.1 Å². The number of hydrogen-bond acceptors (Lipinski definition) is 4. The van der Waals surface area contributed by atoms with Crippen LogP contribution in [0.25, 0.3) is 0 Å². The van der Waals surface area contributed by atoms with Crippen molar-refractivity contribution in [3.63, 3.8) is 0 Å². The van der Waals surface area contributed by atoms with E-state index >= 15 is 0 Å². The molecule has 4 heteroatoms. The summed E-state index contributed by atoms with van der Waals surface area (Å²) in [6.45, 7) is 2.29. The van der Waals surface area contributed by atoms with E-state index in [4.69, 9.17) is 4.74 Å². The molecule has 0 aromatic heterocycles. The molecule has 0 aliphatic rings. The molecular weight excluding hydrogens is 194 g/mol. The summed E-state index contributed by atoms with van der Waals surface area (Å²) in [4.78, 5) is 0. The summed E-state index contributed by atoms with van der Waals surface area (Å²) in [6, 6.07) is 3.32. The fraction of sp³-hybridized carbons (Fsp3) is 0.455. The lowest BCUT2D eigenvalue weighted by Gasteiger charge is -2.17. The van der Waals surface area contributed by atoms with Crippen LogP contribution in [0.5, 0.6) is 11.5 Å². The van der Waals surface area contributed by atoms with E-state index in [2.05, 4.69) is 5.32 Å². The van der Waals surface area contributed by atoms with Crippen LogP contribution in [0.1, 0.15) is 17.2 Å². The Kier molecular flexibility index (Phi) is 3.94. The molecule has 15 heavy (non-hydrogen) atoms. The van der Waals surface area contributed by atoms with Gasteiger partial charge in [-0.3, -0.25) is 0 Å². The molecule has 4 nitrogen and oxygen atoms in total. The van der Waals surface area contributed by atoms with Crippen molar-refractivity contribution in [1.29, 1.82) is 0 Å². The molecule has 0 radical (unpaired) electrons. The van der Waals surface area contributed by atoms with Crippen molar-refractivity contribution in [3.8, 4) is 11.5 Å². The van der Waals surface area contributed by atoms with Gasteiger partial charge in [0.15, 0.2) is 11.5 Å². The number of methoxy groups -OCH3 is 1. The first-order valence-corrected chi connectivity index (χ1v) is 4.81. The van der Waals surface area contributed by atoms with Crippen LogP contribution in [0, 0.1) is 6.92 Å². The molecule has 0 saturated heterocycles. The second kappa shape index (κ2) is 5.00. The molecule has 1 unspecified atom stereocenters. The van der Waals surface area contributed by atoms with Gasteiger partial charge >= 0.3 is 0 Å². The zero-order chi connectivity index (χ0) is 11.4. The maximum Gasteiger partial charge on any atom is 0.166 e. The molecule has 0 aliphatic carbocycles. The molecule has 84 valence electrons. The van der Waals surface area contributed by atoms with Crippen LogP contribution < -0.4 is 10.1 Å². The lowest BCUT2D eigenvalue weighted by molar-refractivity contribution is 0.171. The summed E-state index contributed by atoms with van der Waals surface area (Å²) in [7, 11) is 3.23. The average Bonchev–Trinajstić information content (AvgIpc) is 2.21. The van der Waals surface area contributed by atoms with E-state index in [0.717, 1.165) is 5.56 Å². The Hall–Kier alpha value is -1.26. The zero-order valence-corrected chi connectivity index (χ0v) is 9.24. The maximum atomic E-state index is 9.88. The summed E-state index contributed by atoms with van der Waals surface area (Å²) in [5.41, 5.74) is 1.53. The summed E-state index contributed by atoms with van der Waals surface area (Å²) < 4.78 is 5.09. The first kappa shape index (κ1) is 11.8. The summed E-state index contributed by atoms with van der Waals surface area (Å²) >= 11 is 0. The van der Waals surface area contributed by atoms with Gasteiger partial charge in [0.2, 0.25) is 0 Å². The van der Waals surface area contributed by atoms with Gasteiger partial charge in [-0.2, -0.15) is 0 Å². The number of phenols is 1. The molecular formula is C11H17NO3. The molecule has 1 rings (SSSR count). The van der Waals surface area contributed by atoms with Crippen LogP contribution >= 0.6 is 0 Å². The van der Waals surface area contributed by atoms with Crippen molar-refractivity contribution in [2.45, 2.75) is 13.0 Å². The number of ether oxygens (including phenoxy) is 1. The first-order chi connectivity index (χ1) is 7.11. The van der Waals surface area contributed by atoms with Gasteiger partial charge in [0.05, 0.1) is 13.2 Å². The summed E-state index contributed by atoms with van der Waals surface area (Å²) in [5, 5.41) is 22.3. The number of rotatable bonds is 4. The molecule has 0 saturated carbocycles. The minimum absolute atomic E-state index is 0.0493. The minimum Gasteiger partial charge on any atom is -0.504 e. The molecule has 1 atom stereocenters. The molecule has 0 aliphatic heterocycles. The Morgan fingerprint density at radius 3 is 2.67 bits per heavy atom. The van der Waals surface area contributed by atoms with Gasteiger partial charge in [-0.25, -0.2) is 0 Å². The SMILES string of the molecule is CNCC(O)c1c(C)ccc(O)c1OC. The number of nitrogens with one attached hydrogen (secondary N) is 1. The molecule has 3 N–H and O–H groups in total. The maximum absolute atomic E-state index is 9.88. The van der Waals surface area contributed by atoms with E-state index in [9.17, 15) is 10.2 Å². The largest absolute Gasteiger partial charge is 0.504 e. The van der Waals surface area contributed by atoms with Crippen molar-refractivity contribution in [1.82, 2.24) is 5.32 Å². The predicted molar refractivity (Wildman–Crippen MR) is 58.3 cm³/mol.